The summed E-state index contributed by atoms with van der Waals surface area (Å²) in [5.41, 5.74) is 0. The van der Waals surface area contributed by atoms with Crippen LogP contribution in [0, 0.1) is 11.8 Å². The molecule has 1 saturated carbocycles. The molecule has 1 aliphatic carbocycles. The van der Waals surface area contributed by atoms with Crippen LogP contribution in [0.5, 0.6) is 0 Å². The summed E-state index contributed by atoms with van der Waals surface area (Å²) in [4.78, 5) is 11.2. The number of thiophene rings is 1. The molecule has 2 fully saturated rings. The fourth-order valence-corrected chi connectivity index (χ4v) is 4.22. The van der Waals surface area contributed by atoms with E-state index in [-0.39, 0.29) is 24.0 Å². The third-order valence-electron chi connectivity index (χ3n) is 5.48. The zero-order valence-electron chi connectivity index (χ0n) is 17.4. The first-order chi connectivity index (χ1) is 13.2. The molecule has 1 N–H and O–H groups in total. The van der Waals surface area contributed by atoms with E-state index < -0.39 is 0 Å². The van der Waals surface area contributed by atoms with Crippen molar-refractivity contribution in [2.24, 2.45) is 16.8 Å². The van der Waals surface area contributed by atoms with E-state index in [9.17, 15) is 0 Å². The van der Waals surface area contributed by atoms with Crippen molar-refractivity contribution < 1.29 is 4.74 Å². The Balaban J connectivity index is 0.00000280. The lowest BCUT2D eigenvalue weighted by molar-refractivity contribution is 0.115. The van der Waals surface area contributed by atoms with Gasteiger partial charge in [0, 0.05) is 44.7 Å². The highest BCUT2D eigenvalue weighted by Crippen LogP contribution is 2.28. The van der Waals surface area contributed by atoms with Gasteiger partial charge in [-0.05, 0) is 69.0 Å². The van der Waals surface area contributed by atoms with E-state index in [0.29, 0.717) is 5.92 Å². The van der Waals surface area contributed by atoms with Crippen LogP contribution in [0.3, 0.4) is 0 Å². The predicted molar refractivity (Wildman–Crippen MR) is 130 cm³/mol. The van der Waals surface area contributed by atoms with Crippen LogP contribution in [0.2, 0.25) is 0 Å². The van der Waals surface area contributed by atoms with E-state index in [4.69, 9.17) is 9.73 Å². The molecule has 1 saturated heterocycles. The number of hydrogen-bond donors (Lipinski definition) is 1. The molecule has 1 aromatic heterocycles. The van der Waals surface area contributed by atoms with Gasteiger partial charge in [-0.15, -0.1) is 35.3 Å². The summed E-state index contributed by atoms with van der Waals surface area (Å²) in [6, 6.07) is 4.39. The van der Waals surface area contributed by atoms with Gasteiger partial charge in [-0.3, -0.25) is 9.89 Å². The zero-order chi connectivity index (χ0) is 18.9. The molecule has 3 rings (SSSR count). The Morgan fingerprint density at radius 1 is 1.29 bits per heavy atom. The van der Waals surface area contributed by atoms with E-state index in [0.717, 1.165) is 51.3 Å². The van der Waals surface area contributed by atoms with Crippen molar-refractivity contribution in [1.29, 1.82) is 0 Å². The van der Waals surface area contributed by atoms with Crippen LogP contribution in [0.1, 0.15) is 37.5 Å². The number of likely N-dealkylation sites (N-methyl/N-ethyl adjacent to an activating group) is 1. The highest BCUT2D eigenvalue weighted by molar-refractivity contribution is 14.0. The molecule has 28 heavy (non-hydrogen) atoms. The van der Waals surface area contributed by atoms with Crippen molar-refractivity contribution in [3.05, 3.63) is 22.4 Å². The number of nitrogens with one attached hydrogen (secondary N) is 1. The van der Waals surface area contributed by atoms with E-state index >= 15 is 0 Å². The number of ether oxygens (including phenoxy) is 1. The fourth-order valence-electron chi connectivity index (χ4n) is 3.48. The smallest absolute Gasteiger partial charge is 0.193 e. The van der Waals surface area contributed by atoms with Crippen molar-refractivity contribution in [2.75, 3.05) is 53.0 Å². The van der Waals surface area contributed by atoms with Crippen molar-refractivity contribution >= 4 is 41.3 Å². The number of nitrogens with zero attached hydrogens (tertiary/aromatic N) is 3. The van der Waals surface area contributed by atoms with Crippen LogP contribution in [0.15, 0.2) is 22.5 Å². The van der Waals surface area contributed by atoms with Crippen LogP contribution in [0.4, 0.5) is 0 Å². The maximum absolute atomic E-state index is 5.78. The van der Waals surface area contributed by atoms with Gasteiger partial charge in [0.15, 0.2) is 5.96 Å². The van der Waals surface area contributed by atoms with Crippen LogP contribution in [0.25, 0.3) is 0 Å². The lowest BCUT2D eigenvalue weighted by atomic mass is 9.97. The number of halogens is 1. The molecule has 7 heteroatoms. The molecule has 0 aromatic carbocycles. The average Bonchev–Trinajstić information content (AvgIpc) is 3.37. The second-order valence-corrected chi connectivity index (χ2v) is 8.97. The van der Waals surface area contributed by atoms with Crippen molar-refractivity contribution in [3.8, 4) is 0 Å². The summed E-state index contributed by atoms with van der Waals surface area (Å²) in [6.07, 6.45) is 5.21. The van der Waals surface area contributed by atoms with Crippen LogP contribution < -0.4 is 5.32 Å². The molecule has 0 bridgehead atoms. The number of rotatable bonds is 10. The maximum atomic E-state index is 5.78. The summed E-state index contributed by atoms with van der Waals surface area (Å²) in [7, 11) is 2.12. The molecule has 5 nitrogen and oxygen atoms in total. The molecule has 2 heterocycles. The lowest BCUT2D eigenvalue weighted by Gasteiger charge is -2.31. The van der Waals surface area contributed by atoms with Gasteiger partial charge in [-0.2, -0.15) is 0 Å². The Bertz CT molecular complexity index is 557. The molecule has 0 radical (unpaired) electrons. The van der Waals surface area contributed by atoms with Gasteiger partial charge in [0.1, 0.15) is 0 Å². The molecule has 0 amide bonds. The average molecular weight is 521 g/mol. The first-order valence-corrected chi connectivity index (χ1v) is 11.4. The molecule has 0 unspecified atom stereocenters. The molecule has 160 valence electrons. The van der Waals surface area contributed by atoms with Gasteiger partial charge in [-0.1, -0.05) is 6.07 Å². The molecular weight excluding hydrogens is 483 g/mol. The van der Waals surface area contributed by atoms with E-state index in [1.807, 2.05) is 11.3 Å². The highest BCUT2D eigenvalue weighted by Gasteiger charge is 2.21. The van der Waals surface area contributed by atoms with Crippen LogP contribution in [-0.2, 0) is 11.3 Å². The largest absolute Gasteiger partial charge is 0.379 e. The van der Waals surface area contributed by atoms with Crippen molar-refractivity contribution in [3.63, 3.8) is 0 Å². The minimum atomic E-state index is 0. The van der Waals surface area contributed by atoms with Gasteiger partial charge in [0.2, 0.25) is 0 Å². The Kier molecular flexibility index (Phi) is 11.1. The molecule has 1 aromatic rings. The maximum Gasteiger partial charge on any atom is 0.193 e. The second kappa shape index (κ2) is 13.0. The summed E-state index contributed by atoms with van der Waals surface area (Å²) < 4.78 is 5.78. The fraction of sp³-hybridized carbons (Fsp3) is 0.762. The minimum absolute atomic E-state index is 0. The highest BCUT2D eigenvalue weighted by atomic mass is 127. The number of likely N-dealkylation sites (tertiary alicyclic amines) is 1. The number of piperidine rings is 1. The first-order valence-electron chi connectivity index (χ1n) is 10.6. The van der Waals surface area contributed by atoms with Crippen LogP contribution >= 0.6 is 35.3 Å². The normalized spacial score (nSPS) is 18.7. The van der Waals surface area contributed by atoms with Crippen LogP contribution in [-0.4, -0.2) is 68.7 Å². The van der Waals surface area contributed by atoms with Crippen molar-refractivity contribution in [1.82, 2.24) is 15.1 Å². The van der Waals surface area contributed by atoms with Gasteiger partial charge in [0.25, 0.3) is 0 Å². The molecule has 0 atom stereocenters. The van der Waals surface area contributed by atoms with Gasteiger partial charge in [-0.25, -0.2) is 0 Å². The molecule has 2 aliphatic rings. The third kappa shape index (κ3) is 8.55. The van der Waals surface area contributed by atoms with E-state index in [1.54, 1.807) is 0 Å². The lowest BCUT2D eigenvalue weighted by Crippen LogP contribution is -2.41. The minimum Gasteiger partial charge on any atom is -0.379 e. The second-order valence-electron chi connectivity index (χ2n) is 7.93. The third-order valence-corrected chi connectivity index (χ3v) is 6.35. The SMILES string of the molecule is CCNC(=NCC1CCN(Cc2cccs2)CC1)N(C)CCOCC1CC1.I. The summed E-state index contributed by atoms with van der Waals surface area (Å²) in [5.74, 6) is 2.56. The number of hydrogen-bond acceptors (Lipinski definition) is 4. The predicted octanol–water partition coefficient (Wildman–Crippen LogP) is 3.90. The van der Waals surface area contributed by atoms with E-state index in [2.05, 4.69) is 46.6 Å². The standard InChI is InChI=1S/C21H36N4OS.HI/c1-3-22-21(24(2)12-13-26-17-19-6-7-19)23-15-18-8-10-25(11-9-18)16-20-5-4-14-27-20;/h4-5,14,18-19H,3,6-13,15-17H2,1-2H3,(H,22,23);1H. The summed E-state index contributed by atoms with van der Waals surface area (Å²) >= 11 is 1.87. The van der Waals surface area contributed by atoms with E-state index in [1.165, 1.54) is 43.6 Å². The Morgan fingerprint density at radius 3 is 2.71 bits per heavy atom. The zero-order valence-corrected chi connectivity index (χ0v) is 20.6. The van der Waals surface area contributed by atoms with Gasteiger partial charge >= 0.3 is 0 Å². The summed E-state index contributed by atoms with van der Waals surface area (Å²) in [6.45, 7) is 10.1. The number of guanidine groups is 1. The summed E-state index contributed by atoms with van der Waals surface area (Å²) in [5, 5.41) is 5.61. The Morgan fingerprint density at radius 2 is 2.07 bits per heavy atom. The van der Waals surface area contributed by atoms with Gasteiger partial charge in [0.05, 0.1) is 6.61 Å². The van der Waals surface area contributed by atoms with Crippen molar-refractivity contribution in [2.45, 2.75) is 39.2 Å². The monoisotopic (exact) mass is 520 g/mol. The first kappa shape index (κ1) is 23.9. The topological polar surface area (TPSA) is 40.1 Å². The quantitative estimate of drug-likeness (QED) is 0.220. The Labute approximate surface area is 191 Å². The van der Waals surface area contributed by atoms with Gasteiger partial charge < -0.3 is 15.0 Å². The Hall–Kier alpha value is -0.380. The number of aliphatic imine (C=N–C) groups is 1. The molecule has 1 aliphatic heterocycles. The molecular formula is C21H37IN4OS. The molecule has 0 spiro atoms.